The Hall–Kier alpha value is -0.200. The summed E-state index contributed by atoms with van der Waals surface area (Å²) in [7, 11) is 0. The Labute approximate surface area is 59.0 Å². The molecule has 2 aliphatic heterocycles. The minimum Gasteiger partial charge on any atom is -0.359 e. The fourth-order valence-electron chi connectivity index (χ4n) is 1.13. The maximum absolute atomic E-state index is 5.32. The molecule has 2 unspecified atom stereocenters. The molecule has 0 spiro atoms. The fraction of sp³-hybridized carbons (Fsp3) is 1.00. The average molecular weight is 145 g/mol. The predicted molar refractivity (Wildman–Crippen MR) is 33.8 cm³/mol. The van der Waals surface area contributed by atoms with Crippen LogP contribution < -0.4 is 16.1 Å². The lowest BCUT2D eigenvalue weighted by Gasteiger charge is -2.15. The summed E-state index contributed by atoms with van der Waals surface area (Å²) < 4.78 is 5.32. The third kappa shape index (κ3) is 1.14. The molecule has 2 atom stereocenters. The number of rotatable bonds is 1. The van der Waals surface area contributed by atoms with Gasteiger partial charge in [-0.3, -0.25) is 15.5 Å². The van der Waals surface area contributed by atoms with Crippen LogP contribution >= 0.6 is 0 Å². The summed E-state index contributed by atoms with van der Waals surface area (Å²) in [5.41, 5.74) is 2.80. The van der Waals surface area contributed by atoms with Gasteiger partial charge in [-0.15, -0.1) is 0 Å². The minimum absolute atomic E-state index is 0.0579. The Kier molecular flexibility index (Phi) is 1.83. The van der Waals surface area contributed by atoms with E-state index in [4.69, 9.17) is 9.57 Å². The van der Waals surface area contributed by atoms with Crippen molar-refractivity contribution in [3.63, 3.8) is 0 Å². The highest BCUT2D eigenvalue weighted by atomic mass is 16.7. The van der Waals surface area contributed by atoms with Crippen molar-refractivity contribution >= 4 is 0 Å². The molecule has 0 amide bonds. The van der Waals surface area contributed by atoms with E-state index in [1.807, 2.05) is 0 Å². The number of nitrogens with one attached hydrogen (secondary N) is 3. The minimum atomic E-state index is 0.0579. The van der Waals surface area contributed by atoms with Crippen LogP contribution in [0.5, 0.6) is 0 Å². The second kappa shape index (κ2) is 2.81. The van der Waals surface area contributed by atoms with Crippen LogP contribution in [0.15, 0.2) is 0 Å². The SMILES string of the molecule is C1COC(C2NCON2)N1. The first-order valence-electron chi connectivity index (χ1n) is 3.42. The van der Waals surface area contributed by atoms with E-state index in [1.165, 1.54) is 0 Å². The molecule has 58 valence electrons. The summed E-state index contributed by atoms with van der Waals surface area (Å²) in [6.45, 7) is 2.25. The van der Waals surface area contributed by atoms with Gasteiger partial charge in [0.25, 0.3) is 0 Å². The third-order valence-corrected chi connectivity index (χ3v) is 1.63. The molecule has 0 bridgehead atoms. The quantitative estimate of drug-likeness (QED) is 0.412. The summed E-state index contributed by atoms with van der Waals surface area (Å²) in [5, 5.41) is 6.25. The molecular formula is C5H11N3O2. The lowest BCUT2D eigenvalue weighted by molar-refractivity contribution is 0.0241. The summed E-state index contributed by atoms with van der Waals surface area (Å²) >= 11 is 0. The molecule has 2 aliphatic rings. The van der Waals surface area contributed by atoms with E-state index in [2.05, 4.69) is 16.1 Å². The van der Waals surface area contributed by atoms with E-state index < -0.39 is 0 Å². The van der Waals surface area contributed by atoms with Crippen LogP contribution in [-0.4, -0.2) is 32.3 Å². The van der Waals surface area contributed by atoms with Crippen molar-refractivity contribution in [1.82, 2.24) is 16.1 Å². The standard InChI is InChI=1S/C5H11N3O2/c1-2-9-5(6-1)4-7-3-10-8-4/h4-8H,1-3H2. The molecule has 3 N–H and O–H groups in total. The Morgan fingerprint density at radius 3 is 2.90 bits per heavy atom. The van der Waals surface area contributed by atoms with Crippen LogP contribution in [0.3, 0.4) is 0 Å². The maximum atomic E-state index is 5.32. The van der Waals surface area contributed by atoms with Crippen molar-refractivity contribution in [3.8, 4) is 0 Å². The van der Waals surface area contributed by atoms with Crippen molar-refractivity contribution in [2.24, 2.45) is 0 Å². The van der Waals surface area contributed by atoms with Gasteiger partial charge in [0.2, 0.25) is 0 Å². The van der Waals surface area contributed by atoms with Gasteiger partial charge in [-0.05, 0) is 0 Å². The largest absolute Gasteiger partial charge is 0.359 e. The Morgan fingerprint density at radius 2 is 2.30 bits per heavy atom. The molecular weight excluding hydrogens is 134 g/mol. The predicted octanol–water partition coefficient (Wildman–Crippen LogP) is -1.66. The van der Waals surface area contributed by atoms with E-state index in [9.17, 15) is 0 Å². The van der Waals surface area contributed by atoms with Crippen molar-refractivity contribution in [1.29, 1.82) is 0 Å². The van der Waals surface area contributed by atoms with E-state index in [-0.39, 0.29) is 12.4 Å². The molecule has 2 rings (SSSR count). The van der Waals surface area contributed by atoms with Gasteiger partial charge in [0.05, 0.1) is 6.61 Å². The van der Waals surface area contributed by atoms with Crippen molar-refractivity contribution in [2.45, 2.75) is 12.4 Å². The molecule has 0 radical (unpaired) electrons. The van der Waals surface area contributed by atoms with Gasteiger partial charge >= 0.3 is 0 Å². The van der Waals surface area contributed by atoms with Gasteiger partial charge < -0.3 is 4.74 Å². The van der Waals surface area contributed by atoms with Gasteiger partial charge in [0.1, 0.15) is 19.1 Å². The van der Waals surface area contributed by atoms with Crippen molar-refractivity contribution in [2.75, 3.05) is 19.9 Å². The summed E-state index contributed by atoms with van der Waals surface area (Å²) in [6.07, 6.45) is 0.157. The zero-order chi connectivity index (χ0) is 6.81. The molecule has 0 saturated carbocycles. The Bertz CT molecular complexity index is 95.5. The highest BCUT2D eigenvalue weighted by molar-refractivity contribution is 4.75. The van der Waals surface area contributed by atoms with Gasteiger partial charge in [-0.1, -0.05) is 0 Å². The number of ether oxygens (including phenoxy) is 1. The van der Waals surface area contributed by atoms with Crippen LogP contribution in [0.4, 0.5) is 0 Å². The third-order valence-electron chi connectivity index (χ3n) is 1.63. The summed E-state index contributed by atoms with van der Waals surface area (Å²) in [6, 6.07) is 0. The molecule has 0 aromatic rings. The normalized spacial score (nSPS) is 40.8. The molecule has 2 fully saturated rings. The lowest BCUT2D eigenvalue weighted by atomic mass is 10.4. The molecule has 0 aromatic heterocycles. The number of hydrogen-bond acceptors (Lipinski definition) is 5. The van der Waals surface area contributed by atoms with Crippen LogP contribution in [0.2, 0.25) is 0 Å². The molecule has 2 saturated heterocycles. The molecule has 5 heteroatoms. The fourth-order valence-corrected chi connectivity index (χ4v) is 1.13. The smallest absolute Gasteiger partial charge is 0.139 e. The maximum Gasteiger partial charge on any atom is 0.139 e. The monoisotopic (exact) mass is 145 g/mol. The molecule has 0 aromatic carbocycles. The first-order valence-corrected chi connectivity index (χ1v) is 3.42. The van der Waals surface area contributed by atoms with Gasteiger partial charge in [-0.2, -0.15) is 5.48 Å². The summed E-state index contributed by atoms with van der Waals surface area (Å²) in [5.74, 6) is 0. The van der Waals surface area contributed by atoms with Gasteiger partial charge in [0.15, 0.2) is 0 Å². The van der Waals surface area contributed by atoms with Gasteiger partial charge in [-0.25, -0.2) is 0 Å². The van der Waals surface area contributed by atoms with Crippen LogP contribution in [0.1, 0.15) is 0 Å². The van der Waals surface area contributed by atoms with E-state index in [1.54, 1.807) is 0 Å². The summed E-state index contributed by atoms with van der Waals surface area (Å²) in [4.78, 5) is 4.89. The highest BCUT2D eigenvalue weighted by Gasteiger charge is 2.27. The van der Waals surface area contributed by atoms with Crippen LogP contribution in [0.25, 0.3) is 0 Å². The first-order chi connectivity index (χ1) is 4.97. The molecule has 2 heterocycles. The van der Waals surface area contributed by atoms with Crippen LogP contribution in [-0.2, 0) is 9.57 Å². The zero-order valence-electron chi connectivity index (χ0n) is 5.59. The van der Waals surface area contributed by atoms with E-state index in [0.29, 0.717) is 6.73 Å². The first kappa shape index (κ1) is 6.51. The number of hydroxylamine groups is 1. The Balaban J connectivity index is 1.85. The molecule has 10 heavy (non-hydrogen) atoms. The average Bonchev–Trinajstić information content (AvgIpc) is 2.59. The van der Waals surface area contributed by atoms with Crippen molar-refractivity contribution < 1.29 is 9.57 Å². The van der Waals surface area contributed by atoms with E-state index in [0.717, 1.165) is 13.2 Å². The van der Waals surface area contributed by atoms with Gasteiger partial charge in [0, 0.05) is 6.54 Å². The second-order valence-electron chi connectivity index (χ2n) is 2.33. The van der Waals surface area contributed by atoms with Crippen LogP contribution in [0, 0.1) is 0 Å². The number of hydrogen-bond donors (Lipinski definition) is 3. The van der Waals surface area contributed by atoms with Crippen molar-refractivity contribution in [3.05, 3.63) is 0 Å². The highest BCUT2D eigenvalue weighted by Crippen LogP contribution is 2.01. The molecule has 5 nitrogen and oxygen atoms in total. The molecule has 0 aliphatic carbocycles. The second-order valence-corrected chi connectivity index (χ2v) is 2.33. The Morgan fingerprint density at radius 1 is 1.30 bits per heavy atom. The van der Waals surface area contributed by atoms with E-state index >= 15 is 0 Å². The topological polar surface area (TPSA) is 54.5 Å². The lowest BCUT2D eigenvalue weighted by Crippen LogP contribution is -2.48. The zero-order valence-corrected chi connectivity index (χ0v) is 5.59.